The highest BCUT2D eigenvalue weighted by Crippen LogP contribution is 2.22. The second-order valence-electron chi connectivity index (χ2n) is 4.76. The summed E-state index contributed by atoms with van der Waals surface area (Å²) in [6.45, 7) is 4.15. The largest absolute Gasteiger partial charge is 0.384 e. The fourth-order valence-corrected chi connectivity index (χ4v) is 2.39. The average molecular weight is 344 g/mol. The van der Waals surface area contributed by atoms with Gasteiger partial charge in [-0.2, -0.15) is 0 Å². The fraction of sp³-hybridized carbons (Fsp3) is 0.357. The van der Waals surface area contributed by atoms with Crippen molar-refractivity contribution in [3.05, 3.63) is 41.5 Å². The van der Waals surface area contributed by atoms with Gasteiger partial charge in [0, 0.05) is 24.3 Å². The summed E-state index contributed by atoms with van der Waals surface area (Å²) in [5.74, 6) is 0.689. The molecular formula is C14H19Cl2N5O. The van der Waals surface area contributed by atoms with Crippen molar-refractivity contribution in [2.45, 2.75) is 26.4 Å². The van der Waals surface area contributed by atoms with E-state index in [9.17, 15) is 4.79 Å². The minimum absolute atomic E-state index is 0. The van der Waals surface area contributed by atoms with E-state index in [2.05, 4.69) is 20.8 Å². The smallest absolute Gasteiger partial charge is 0.251 e. The Balaban J connectivity index is 0.00000121. The van der Waals surface area contributed by atoms with Crippen molar-refractivity contribution < 1.29 is 4.79 Å². The third kappa shape index (κ3) is 3.69. The second-order valence-corrected chi connectivity index (χ2v) is 4.76. The molecule has 0 unspecified atom stereocenters. The molecule has 1 amide bonds. The van der Waals surface area contributed by atoms with E-state index in [1.165, 1.54) is 5.56 Å². The van der Waals surface area contributed by atoms with Crippen LogP contribution in [-0.4, -0.2) is 27.2 Å². The fourth-order valence-electron chi connectivity index (χ4n) is 2.39. The Labute approximate surface area is 141 Å². The summed E-state index contributed by atoms with van der Waals surface area (Å²) in [7, 11) is 0. The maximum atomic E-state index is 12.2. The summed E-state index contributed by atoms with van der Waals surface area (Å²) < 4.78 is 1.91. The first-order valence-corrected chi connectivity index (χ1v) is 6.79. The number of carbonyl (C=O) groups excluding carboxylic acids is 1. The van der Waals surface area contributed by atoms with Gasteiger partial charge < -0.3 is 15.2 Å². The number of nitrogens with one attached hydrogen (secondary N) is 2. The zero-order chi connectivity index (χ0) is 13.9. The predicted molar refractivity (Wildman–Crippen MR) is 90.0 cm³/mol. The minimum atomic E-state index is -0.0784. The molecule has 0 aliphatic carbocycles. The van der Waals surface area contributed by atoms with Crippen molar-refractivity contribution in [2.24, 2.45) is 0 Å². The molecule has 2 aromatic rings. The number of aromatic nitrogens is 3. The van der Waals surface area contributed by atoms with Crippen LogP contribution < -0.4 is 10.6 Å². The molecule has 0 saturated carbocycles. The number of carbonyl (C=O) groups is 1. The first-order chi connectivity index (χ1) is 9.78. The van der Waals surface area contributed by atoms with Crippen LogP contribution in [0.4, 0.5) is 5.69 Å². The lowest BCUT2D eigenvalue weighted by atomic mass is 10.1. The molecule has 3 rings (SSSR count). The Morgan fingerprint density at radius 2 is 2.23 bits per heavy atom. The van der Waals surface area contributed by atoms with E-state index in [1.54, 1.807) is 6.33 Å². The Morgan fingerprint density at radius 1 is 1.41 bits per heavy atom. The van der Waals surface area contributed by atoms with Crippen molar-refractivity contribution in [2.75, 3.05) is 11.9 Å². The molecule has 1 aliphatic heterocycles. The van der Waals surface area contributed by atoms with Crippen molar-refractivity contribution >= 4 is 36.4 Å². The average Bonchev–Trinajstić information content (AvgIpc) is 3.12. The van der Waals surface area contributed by atoms with Gasteiger partial charge in [0.15, 0.2) is 5.82 Å². The Kier molecular flexibility index (Phi) is 6.64. The van der Waals surface area contributed by atoms with Crippen LogP contribution in [0.5, 0.6) is 0 Å². The molecule has 0 fully saturated rings. The Bertz CT molecular complexity index is 644. The highest BCUT2D eigenvalue weighted by Gasteiger charge is 2.13. The van der Waals surface area contributed by atoms with Crippen LogP contribution in [-0.2, 0) is 19.5 Å². The van der Waals surface area contributed by atoms with E-state index in [1.807, 2.05) is 29.7 Å². The molecule has 1 aliphatic rings. The van der Waals surface area contributed by atoms with Crippen molar-refractivity contribution in [1.29, 1.82) is 0 Å². The predicted octanol–water partition coefficient (Wildman–Crippen LogP) is 2.04. The van der Waals surface area contributed by atoms with Crippen LogP contribution in [0.15, 0.2) is 24.5 Å². The topological polar surface area (TPSA) is 71.8 Å². The highest BCUT2D eigenvalue weighted by molar-refractivity contribution is 5.95. The Morgan fingerprint density at radius 3 is 3.00 bits per heavy atom. The van der Waals surface area contributed by atoms with E-state index >= 15 is 0 Å². The SMILES string of the molecule is CCn1cnnc1CNC(=O)c1ccc2c(c1)CCN2.Cl.Cl. The number of nitrogens with zero attached hydrogens (tertiary/aromatic N) is 3. The first-order valence-electron chi connectivity index (χ1n) is 6.79. The third-order valence-corrected chi connectivity index (χ3v) is 3.52. The maximum absolute atomic E-state index is 12.2. The van der Waals surface area contributed by atoms with Crippen LogP contribution in [0.3, 0.4) is 0 Å². The molecule has 0 saturated heterocycles. The molecule has 6 nitrogen and oxygen atoms in total. The summed E-state index contributed by atoms with van der Waals surface area (Å²) in [5.41, 5.74) is 3.02. The summed E-state index contributed by atoms with van der Waals surface area (Å²) >= 11 is 0. The second kappa shape index (κ2) is 8.00. The van der Waals surface area contributed by atoms with Crippen LogP contribution in [0.1, 0.15) is 28.7 Å². The van der Waals surface area contributed by atoms with Gasteiger partial charge in [0.1, 0.15) is 6.33 Å². The molecule has 0 spiro atoms. The van der Waals surface area contributed by atoms with Crippen LogP contribution in [0, 0.1) is 0 Å². The van der Waals surface area contributed by atoms with E-state index < -0.39 is 0 Å². The lowest BCUT2D eigenvalue weighted by molar-refractivity contribution is 0.0949. The molecule has 8 heteroatoms. The van der Waals surface area contributed by atoms with E-state index in [0.29, 0.717) is 12.1 Å². The lowest BCUT2D eigenvalue weighted by Crippen LogP contribution is -2.24. The standard InChI is InChI=1S/C14H17N5O.2ClH/c1-2-19-9-17-18-13(19)8-16-14(20)11-3-4-12-10(7-11)5-6-15-12;;/h3-4,7,9,15H,2,5-6,8H2,1H3,(H,16,20);2*1H. The third-order valence-electron chi connectivity index (χ3n) is 3.52. The number of hydrogen-bond donors (Lipinski definition) is 2. The van der Waals surface area contributed by atoms with Gasteiger partial charge in [-0.1, -0.05) is 0 Å². The molecule has 0 bridgehead atoms. The molecule has 22 heavy (non-hydrogen) atoms. The molecule has 0 atom stereocenters. The number of fused-ring (bicyclic) bond motifs is 1. The quantitative estimate of drug-likeness (QED) is 0.890. The van der Waals surface area contributed by atoms with Gasteiger partial charge in [0.05, 0.1) is 6.54 Å². The van der Waals surface area contributed by atoms with Gasteiger partial charge in [0.2, 0.25) is 0 Å². The highest BCUT2D eigenvalue weighted by atomic mass is 35.5. The van der Waals surface area contributed by atoms with E-state index in [0.717, 1.165) is 31.0 Å². The van der Waals surface area contributed by atoms with Crippen molar-refractivity contribution in [3.8, 4) is 0 Å². The Hall–Kier alpha value is -1.79. The number of anilines is 1. The molecule has 2 heterocycles. The zero-order valence-corrected chi connectivity index (χ0v) is 13.8. The number of hydrogen-bond acceptors (Lipinski definition) is 4. The van der Waals surface area contributed by atoms with Gasteiger partial charge >= 0.3 is 0 Å². The number of benzene rings is 1. The maximum Gasteiger partial charge on any atom is 0.251 e. The van der Waals surface area contributed by atoms with Crippen LogP contribution in [0.25, 0.3) is 0 Å². The molecule has 2 N–H and O–H groups in total. The minimum Gasteiger partial charge on any atom is -0.384 e. The number of halogens is 2. The molecule has 1 aromatic heterocycles. The van der Waals surface area contributed by atoms with Gasteiger partial charge in [0.25, 0.3) is 5.91 Å². The van der Waals surface area contributed by atoms with Crippen molar-refractivity contribution in [3.63, 3.8) is 0 Å². The number of amides is 1. The van der Waals surface area contributed by atoms with Crippen LogP contribution >= 0.6 is 24.8 Å². The summed E-state index contributed by atoms with van der Waals surface area (Å²) in [6, 6.07) is 5.76. The van der Waals surface area contributed by atoms with Crippen molar-refractivity contribution in [1.82, 2.24) is 20.1 Å². The summed E-state index contributed by atoms with van der Waals surface area (Å²) in [4.78, 5) is 12.2. The normalized spacial score (nSPS) is 11.7. The summed E-state index contributed by atoms with van der Waals surface area (Å²) in [6.07, 6.45) is 2.64. The van der Waals surface area contributed by atoms with Crippen LogP contribution in [0.2, 0.25) is 0 Å². The van der Waals surface area contributed by atoms with Gasteiger partial charge in [-0.05, 0) is 37.1 Å². The van der Waals surface area contributed by atoms with E-state index in [-0.39, 0.29) is 30.7 Å². The number of aryl methyl sites for hydroxylation is 1. The molecular weight excluding hydrogens is 325 g/mol. The van der Waals surface area contributed by atoms with E-state index in [4.69, 9.17) is 0 Å². The van der Waals surface area contributed by atoms with Gasteiger partial charge in [-0.15, -0.1) is 35.0 Å². The molecule has 120 valence electrons. The molecule has 0 radical (unpaired) electrons. The lowest BCUT2D eigenvalue weighted by Gasteiger charge is -2.07. The number of rotatable bonds is 4. The summed E-state index contributed by atoms with van der Waals surface area (Å²) in [5, 5.41) is 14.0. The monoisotopic (exact) mass is 343 g/mol. The zero-order valence-electron chi connectivity index (χ0n) is 12.2. The first kappa shape index (κ1) is 18.3. The van der Waals surface area contributed by atoms with Gasteiger partial charge in [-0.3, -0.25) is 4.79 Å². The van der Waals surface area contributed by atoms with Gasteiger partial charge in [-0.25, -0.2) is 0 Å². The molecule has 1 aromatic carbocycles.